The third-order valence-corrected chi connectivity index (χ3v) is 2.64. The Morgan fingerprint density at radius 1 is 1.53 bits per heavy atom. The van der Waals surface area contributed by atoms with Gasteiger partial charge in [0.15, 0.2) is 0 Å². The number of nitrogens with one attached hydrogen (secondary N) is 1. The summed E-state index contributed by atoms with van der Waals surface area (Å²) in [5.41, 5.74) is 2.57. The van der Waals surface area contributed by atoms with Crippen LogP contribution in [0.3, 0.4) is 0 Å². The Morgan fingerprint density at radius 2 is 2.24 bits per heavy atom. The number of amides is 1. The lowest BCUT2D eigenvalue weighted by atomic mass is 10.1. The van der Waals surface area contributed by atoms with Crippen molar-refractivity contribution >= 4 is 11.6 Å². The molecule has 0 fully saturated rings. The van der Waals surface area contributed by atoms with Crippen molar-refractivity contribution in [3.8, 4) is 6.07 Å². The lowest BCUT2D eigenvalue weighted by molar-refractivity contribution is -0.120. The molecule has 0 heterocycles. The van der Waals surface area contributed by atoms with E-state index < -0.39 is 0 Å². The van der Waals surface area contributed by atoms with Gasteiger partial charge in [-0.2, -0.15) is 5.26 Å². The first-order chi connectivity index (χ1) is 8.08. The van der Waals surface area contributed by atoms with Crippen molar-refractivity contribution in [3.05, 3.63) is 29.3 Å². The first kappa shape index (κ1) is 13.0. The molecule has 0 atom stereocenters. The quantitative estimate of drug-likeness (QED) is 0.853. The van der Waals surface area contributed by atoms with E-state index in [2.05, 4.69) is 11.4 Å². The summed E-state index contributed by atoms with van der Waals surface area (Å²) in [5, 5.41) is 11.6. The predicted molar refractivity (Wildman–Crippen MR) is 67.8 cm³/mol. The minimum Gasteiger partial charge on any atom is -0.373 e. The zero-order valence-electron chi connectivity index (χ0n) is 10.4. The van der Waals surface area contributed by atoms with Gasteiger partial charge in [0.2, 0.25) is 5.91 Å². The molecule has 0 aromatic heterocycles. The second-order valence-corrected chi connectivity index (χ2v) is 3.98. The number of rotatable bonds is 4. The van der Waals surface area contributed by atoms with E-state index in [9.17, 15) is 4.79 Å². The van der Waals surface area contributed by atoms with Gasteiger partial charge in [0.1, 0.15) is 6.07 Å². The molecule has 0 spiro atoms. The maximum absolute atomic E-state index is 11.2. The lowest BCUT2D eigenvalue weighted by Gasteiger charge is -2.20. The number of hydrogen-bond donors (Lipinski definition) is 1. The molecule has 0 saturated heterocycles. The molecular weight excluding hydrogens is 214 g/mol. The highest BCUT2D eigenvalue weighted by Gasteiger charge is 2.08. The van der Waals surface area contributed by atoms with E-state index in [-0.39, 0.29) is 5.91 Å². The number of nitrogens with zero attached hydrogens (tertiary/aromatic N) is 2. The zero-order chi connectivity index (χ0) is 12.8. The molecule has 17 heavy (non-hydrogen) atoms. The highest BCUT2D eigenvalue weighted by Crippen LogP contribution is 2.20. The third-order valence-electron chi connectivity index (χ3n) is 2.64. The molecule has 1 N–H and O–H groups in total. The number of carbonyl (C=O) groups excluding carboxylic acids is 1. The minimum absolute atomic E-state index is 0.00229. The van der Waals surface area contributed by atoms with Crippen LogP contribution in [-0.2, 0) is 4.79 Å². The summed E-state index contributed by atoms with van der Waals surface area (Å²) in [5.74, 6) is 0.00229. The number of carbonyl (C=O) groups is 1. The van der Waals surface area contributed by atoms with E-state index in [0.29, 0.717) is 18.5 Å². The van der Waals surface area contributed by atoms with Crippen molar-refractivity contribution in [2.24, 2.45) is 0 Å². The van der Waals surface area contributed by atoms with Crippen LogP contribution >= 0.6 is 0 Å². The number of nitriles is 1. The number of anilines is 1. The van der Waals surface area contributed by atoms with Crippen LogP contribution in [0, 0.1) is 18.3 Å². The first-order valence-corrected chi connectivity index (χ1v) is 5.51. The largest absolute Gasteiger partial charge is 0.373 e. The molecule has 1 amide bonds. The molecule has 0 radical (unpaired) electrons. The van der Waals surface area contributed by atoms with Gasteiger partial charge in [-0.25, -0.2) is 0 Å². The summed E-state index contributed by atoms with van der Waals surface area (Å²) in [6.07, 6.45) is 0.422. The van der Waals surface area contributed by atoms with Gasteiger partial charge in [0.05, 0.1) is 11.3 Å². The van der Waals surface area contributed by atoms with Crippen LogP contribution in [0.2, 0.25) is 0 Å². The van der Waals surface area contributed by atoms with Crippen LogP contribution in [0.1, 0.15) is 17.5 Å². The van der Waals surface area contributed by atoms with Crippen molar-refractivity contribution in [3.63, 3.8) is 0 Å². The monoisotopic (exact) mass is 231 g/mol. The average molecular weight is 231 g/mol. The predicted octanol–water partition coefficient (Wildman–Crippen LogP) is 1.44. The molecular formula is C13H17N3O. The van der Waals surface area contributed by atoms with Crippen molar-refractivity contribution < 1.29 is 4.79 Å². The topological polar surface area (TPSA) is 56.1 Å². The summed E-state index contributed by atoms with van der Waals surface area (Å²) in [6.45, 7) is 2.55. The fraction of sp³-hybridized carbons (Fsp3) is 0.385. The SMILES string of the molecule is CNC(=O)CCN(C)c1ccc(C)cc1C#N. The average Bonchev–Trinajstić information content (AvgIpc) is 2.35. The summed E-state index contributed by atoms with van der Waals surface area (Å²) in [6, 6.07) is 7.91. The smallest absolute Gasteiger partial charge is 0.221 e. The number of hydrogen-bond acceptors (Lipinski definition) is 3. The van der Waals surface area contributed by atoms with Crippen LogP contribution in [-0.4, -0.2) is 26.5 Å². The Labute approximate surface area is 102 Å². The zero-order valence-corrected chi connectivity index (χ0v) is 10.4. The van der Waals surface area contributed by atoms with Gasteiger partial charge in [-0.05, 0) is 24.6 Å². The number of benzene rings is 1. The molecule has 1 aromatic rings. The second kappa shape index (κ2) is 5.90. The van der Waals surface area contributed by atoms with Crippen molar-refractivity contribution in [1.29, 1.82) is 5.26 Å². The second-order valence-electron chi connectivity index (χ2n) is 3.98. The summed E-state index contributed by atoms with van der Waals surface area (Å²) >= 11 is 0. The van der Waals surface area contributed by atoms with Crippen LogP contribution in [0.5, 0.6) is 0 Å². The minimum atomic E-state index is 0.00229. The maximum Gasteiger partial charge on any atom is 0.221 e. The Bertz CT molecular complexity index is 448. The molecule has 0 aliphatic rings. The van der Waals surface area contributed by atoms with Gasteiger partial charge in [-0.1, -0.05) is 6.07 Å². The van der Waals surface area contributed by atoms with E-state index in [0.717, 1.165) is 11.3 Å². The third kappa shape index (κ3) is 3.49. The Kier molecular flexibility index (Phi) is 4.53. The van der Waals surface area contributed by atoms with Crippen LogP contribution in [0.15, 0.2) is 18.2 Å². The fourth-order valence-corrected chi connectivity index (χ4v) is 1.59. The first-order valence-electron chi connectivity index (χ1n) is 5.51. The van der Waals surface area contributed by atoms with Gasteiger partial charge in [-0.3, -0.25) is 4.79 Å². The van der Waals surface area contributed by atoms with E-state index in [4.69, 9.17) is 5.26 Å². The van der Waals surface area contributed by atoms with E-state index in [1.807, 2.05) is 37.1 Å². The molecule has 0 bridgehead atoms. The molecule has 90 valence electrons. The van der Waals surface area contributed by atoms with Gasteiger partial charge in [-0.15, -0.1) is 0 Å². The van der Waals surface area contributed by atoms with E-state index in [1.165, 1.54) is 0 Å². The molecule has 4 heteroatoms. The van der Waals surface area contributed by atoms with Gasteiger partial charge < -0.3 is 10.2 Å². The van der Waals surface area contributed by atoms with Crippen molar-refractivity contribution in [2.45, 2.75) is 13.3 Å². The Morgan fingerprint density at radius 3 is 2.82 bits per heavy atom. The van der Waals surface area contributed by atoms with Gasteiger partial charge >= 0.3 is 0 Å². The summed E-state index contributed by atoms with van der Waals surface area (Å²) in [7, 11) is 3.50. The lowest BCUT2D eigenvalue weighted by Crippen LogP contribution is -2.26. The van der Waals surface area contributed by atoms with Crippen molar-refractivity contribution in [1.82, 2.24) is 5.32 Å². The molecule has 0 unspecified atom stereocenters. The highest BCUT2D eigenvalue weighted by molar-refractivity contribution is 5.76. The molecule has 0 saturated carbocycles. The van der Waals surface area contributed by atoms with Crippen LogP contribution < -0.4 is 10.2 Å². The summed E-state index contributed by atoms with van der Waals surface area (Å²) < 4.78 is 0. The Hall–Kier alpha value is -2.02. The maximum atomic E-state index is 11.2. The summed E-state index contributed by atoms with van der Waals surface area (Å²) in [4.78, 5) is 13.1. The molecule has 0 aliphatic carbocycles. The molecule has 0 aliphatic heterocycles. The Balaban J connectivity index is 2.79. The van der Waals surface area contributed by atoms with Crippen LogP contribution in [0.25, 0.3) is 0 Å². The number of aryl methyl sites for hydroxylation is 1. The van der Waals surface area contributed by atoms with E-state index in [1.54, 1.807) is 7.05 Å². The van der Waals surface area contributed by atoms with Gasteiger partial charge in [0, 0.05) is 27.1 Å². The molecule has 1 rings (SSSR count). The fourth-order valence-electron chi connectivity index (χ4n) is 1.59. The highest BCUT2D eigenvalue weighted by atomic mass is 16.1. The van der Waals surface area contributed by atoms with Gasteiger partial charge in [0.25, 0.3) is 0 Å². The van der Waals surface area contributed by atoms with Crippen LogP contribution in [0.4, 0.5) is 5.69 Å². The standard InChI is InChI=1S/C13H17N3O/c1-10-4-5-12(11(8-10)9-14)16(3)7-6-13(17)15-2/h4-5,8H,6-7H2,1-3H3,(H,15,17). The van der Waals surface area contributed by atoms with Crippen molar-refractivity contribution in [2.75, 3.05) is 25.5 Å². The molecule has 4 nitrogen and oxygen atoms in total. The van der Waals surface area contributed by atoms with E-state index >= 15 is 0 Å². The normalized spacial score (nSPS) is 9.53. The molecule has 1 aromatic carbocycles.